The van der Waals surface area contributed by atoms with E-state index in [0.29, 0.717) is 17.5 Å². The number of thiophene rings is 1. The van der Waals surface area contributed by atoms with Crippen LogP contribution in [-0.2, 0) is 0 Å². The fourth-order valence-corrected chi connectivity index (χ4v) is 7.45. The Morgan fingerprint density at radius 1 is 0.422 bits per heavy atom. The third-order valence-electron chi connectivity index (χ3n) is 8.43. The second-order valence-corrected chi connectivity index (χ2v) is 12.1. The van der Waals surface area contributed by atoms with E-state index >= 15 is 0 Å². The zero-order valence-electron chi connectivity index (χ0n) is 24.1. The van der Waals surface area contributed by atoms with E-state index < -0.39 is 0 Å². The van der Waals surface area contributed by atoms with Crippen molar-refractivity contribution in [3.8, 4) is 45.3 Å². The zero-order valence-corrected chi connectivity index (χ0v) is 24.9. The van der Waals surface area contributed by atoms with Gasteiger partial charge in [0.05, 0.1) is 0 Å². The van der Waals surface area contributed by atoms with Crippen molar-refractivity contribution >= 4 is 53.1 Å². The fourth-order valence-electron chi connectivity index (χ4n) is 6.25. The summed E-state index contributed by atoms with van der Waals surface area (Å²) in [4.78, 5) is 19.6. The average Bonchev–Trinajstić information content (AvgIpc) is 3.51. The van der Waals surface area contributed by atoms with E-state index in [-0.39, 0.29) is 0 Å². The van der Waals surface area contributed by atoms with Crippen molar-refractivity contribution in [3.05, 3.63) is 146 Å². The van der Waals surface area contributed by atoms with Crippen molar-refractivity contribution in [3.63, 3.8) is 0 Å². The maximum Gasteiger partial charge on any atom is 0.164 e. The minimum Gasteiger partial charge on any atom is -0.264 e. The number of fused-ring (bicyclic) bond motifs is 6. The molecular formula is C40H24N4S. The van der Waals surface area contributed by atoms with Crippen molar-refractivity contribution in [1.29, 1.82) is 0 Å². The first-order valence-electron chi connectivity index (χ1n) is 14.9. The van der Waals surface area contributed by atoms with Crippen LogP contribution in [-0.4, -0.2) is 19.9 Å². The van der Waals surface area contributed by atoms with Crippen LogP contribution in [0, 0.1) is 0 Å². The van der Waals surface area contributed by atoms with E-state index in [1.54, 1.807) is 0 Å². The number of benzene rings is 6. The molecule has 0 aliphatic carbocycles. The molecule has 0 N–H and O–H groups in total. The summed E-state index contributed by atoms with van der Waals surface area (Å²) in [6.45, 7) is 0. The van der Waals surface area contributed by atoms with Crippen LogP contribution in [0.25, 0.3) is 87.0 Å². The van der Waals surface area contributed by atoms with Crippen LogP contribution in [0.1, 0.15) is 0 Å². The van der Waals surface area contributed by atoms with Crippen LogP contribution in [0.5, 0.6) is 0 Å². The minimum absolute atomic E-state index is 0.647. The molecule has 5 heteroatoms. The molecule has 0 aliphatic heterocycles. The fraction of sp³-hybridized carbons (Fsp3) is 0. The molecule has 9 rings (SSSR count). The molecule has 0 amide bonds. The minimum atomic E-state index is 0.647. The highest BCUT2D eigenvalue weighted by molar-refractivity contribution is 7.26. The molecule has 0 radical (unpaired) electrons. The highest BCUT2D eigenvalue weighted by Gasteiger charge is 2.18. The third kappa shape index (κ3) is 4.36. The Balaban J connectivity index is 1.27. The lowest BCUT2D eigenvalue weighted by molar-refractivity contribution is 1.07. The highest BCUT2D eigenvalue weighted by Crippen LogP contribution is 2.42. The first-order valence-corrected chi connectivity index (χ1v) is 15.7. The van der Waals surface area contributed by atoms with E-state index in [0.717, 1.165) is 33.2 Å². The third-order valence-corrected chi connectivity index (χ3v) is 9.65. The highest BCUT2D eigenvalue weighted by atomic mass is 32.1. The SMILES string of the molecule is c1ccc(-c2nc(-c3ccc4ccccc4c3)nc(-c3ccccc3-c3cccc4c3ccc3c5cnccc5sc43)n2)cc1. The van der Waals surface area contributed by atoms with Crippen molar-refractivity contribution < 1.29 is 0 Å². The van der Waals surface area contributed by atoms with E-state index in [2.05, 4.69) is 108 Å². The molecule has 0 spiro atoms. The van der Waals surface area contributed by atoms with Gasteiger partial charge in [0.15, 0.2) is 17.5 Å². The first-order chi connectivity index (χ1) is 22.3. The second-order valence-electron chi connectivity index (χ2n) is 11.1. The molecule has 0 saturated carbocycles. The van der Waals surface area contributed by atoms with E-state index in [9.17, 15) is 0 Å². The number of aromatic nitrogens is 4. The Morgan fingerprint density at radius 3 is 2.00 bits per heavy atom. The molecule has 4 nitrogen and oxygen atoms in total. The molecule has 0 fully saturated rings. The molecule has 3 heterocycles. The molecule has 9 aromatic rings. The smallest absolute Gasteiger partial charge is 0.164 e. The van der Waals surface area contributed by atoms with E-state index in [4.69, 9.17) is 15.0 Å². The van der Waals surface area contributed by atoms with Crippen molar-refractivity contribution in [2.24, 2.45) is 0 Å². The maximum atomic E-state index is 5.12. The van der Waals surface area contributed by atoms with Gasteiger partial charge in [0.25, 0.3) is 0 Å². The molecule has 0 saturated heterocycles. The summed E-state index contributed by atoms with van der Waals surface area (Å²) in [5.74, 6) is 1.95. The predicted octanol–water partition coefficient (Wildman–Crippen LogP) is 10.6. The Kier molecular flexibility index (Phi) is 5.96. The van der Waals surface area contributed by atoms with Crippen LogP contribution in [0.4, 0.5) is 0 Å². The van der Waals surface area contributed by atoms with Gasteiger partial charge in [-0.15, -0.1) is 11.3 Å². The summed E-state index contributed by atoms with van der Waals surface area (Å²) in [5.41, 5.74) is 5.10. The van der Waals surface area contributed by atoms with Gasteiger partial charge in [-0.05, 0) is 39.4 Å². The number of nitrogens with zero attached hydrogens (tertiary/aromatic N) is 4. The average molecular weight is 593 g/mol. The summed E-state index contributed by atoms with van der Waals surface area (Å²) < 4.78 is 2.53. The van der Waals surface area contributed by atoms with Gasteiger partial charge in [0.2, 0.25) is 0 Å². The van der Waals surface area contributed by atoms with Crippen LogP contribution in [0.15, 0.2) is 146 Å². The lowest BCUT2D eigenvalue weighted by atomic mass is 9.93. The summed E-state index contributed by atoms with van der Waals surface area (Å²) in [5, 5.41) is 7.21. The standard InChI is InChI=1S/C40H24N4S/c1-2-10-26(11-3-1)38-42-39(28-18-17-25-9-4-5-12-27(25)23-28)44-40(43-38)34-14-7-6-13-30(34)29-15-8-16-32-31(29)19-20-33-35-24-41-22-21-36(35)45-37(32)33/h1-24H. The molecule has 3 aromatic heterocycles. The Hall–Kier alpha value is -5.78. The van der Waals surface area contributed by atoms with Crippen LogP contribution >= 0.6 is 11.3 Å². The Bertz CT molecular complexity index is 2550. The van der Waals surface area contributed by atoms with Crippen molar-refractivity contribution in [2.75, 3.05) is 0 Å². The summed E-state index contributed by atoms with van der Waals surface area (Å²) in [6.07, 6.45) is 3.84. The molecule has 0 aliphatic rings. The number of pyridine rings is 1. The van der Waals surface area contributed by atoms with Gasteiger partial charge in [-0.1, -0.05) is 121 Å². The topological polar surface area (TPSA) is 51.6 Å². The number of rotatable bonds is 4. The molecule has 0 atom stereocenters. The molecular weight excluding hydrogens is 569 g/mol. The Morgan fingerprint density at radius 2 is 1.11 bits per heavy atom. The molecule has 0 unspecified atom stereocenters. The van der Waals surface area contributed by atoms with E-state index in [1.165, 1.54) is 36.3 Å². The van der Waals surface area contributed by atoms with Crippen molar-refractivity contribution in [2.45, 2.75) is 0 Å². The van der Waals surface area contributed by atoms with Gasteiger partial charge < -0.3 is 0 Å². The number of hydrogen-bond donors (Lipinski definition) is 0. The van der Waals surface area contributed by atoms with Crippen molar-refractivity contribution in [1.82, 2.24) is 19.9 Å². The summed E-state index contributed by atoms with van der Waals surface area (Å²) in [7, 11) is 0. The summed E-state index contributed by atoms with van der Waals surface area (Å²) >= 11 is 1.82. The van der Waals surface area contributed by atoms with Crippen LogP contribution < -0.4 is 0 Å². The van der Waals surface area contributed by atoms with Gasteiger partial charge in [-0.2, -0.15) is 0 Å². The normalized spacial score (nSPS) is 11.6. The van der Waals surface area contributed by atoms with Gasteiger partial charge in [-0.25, -0.2) is 15.0 Å². The van der Waals surface area contributed by atoms with Gasteiger partial charge >= 0.3 is 0 Å². The monoisotopic (exact) mass is 592 g/mol. The quantitative estimate of drug-likeness (QED) is 0.204. The molecule has 210 valence electrons. The zero-order chi connectivity index (χ0) is 29.7. The predicted molar refractivity (Wildman–Crippen MR) is 187 cm³/mol. The second kappa shape index (κ2) is 10.4. The molecule has 45 heavy (non-hydrogen) atoms. The van der Waals surface area contributed by atoms with Gasteiger partial charge in [-0.3, -0.25) is 4.98 Å². The number of hydrogen-bond acceptors (Lipinski definition) is 5. The van der Waals surface area contributed by atoms with Gasteiger partial charge in [0.1, 0.15) is 0 Å². The van der Waals surface area contributed by atoms with Crippen LogP contribution in [0.2, 0.25) is 0 Å². The Labute approximate surface area is 263 Å². The summed E-state index contributed by atoms with van der Waals surface area (Å²) in [6, 6.07) is 46.5. The molecule has 6 aromatic carbocycles. The van der Waals surface area contributed by atoms with Gasteiger partial charge in [0, 0.05) is 54.6 Å². The van der Waals surface area contributed by atoms with Crippen LogP contribution in [0.3, 0.4) is 0 Å². The maximum absolute atomic E-state index is 5.12. The lowest BCUT2D eigenvalue weighted by Gasteiger charge is -2.14. The molecule has 0 bridgehead atoms. The first kappa shape index (κ1) is 25.7. The largest absolute Gasteiger partial charge is 0.264 e. The van der Waals surface area contributed by atoms with E-state index in [1.807, 2.05) is 54.1 Å². The lowest BCUT2D eigenvalue weighted by Crippen LogP contribution is -2.01.